The summed E-state index contributed by atoms with van der Waals surface area (Å²) in [6.45, 7) is 3.86. The van der Waals surface area contributed by atoms with Crippen LogP contribution in [0.5, 0.6) is 5.75 Å². The topological polar surface area (TPSA) is 85.9 Å². The highest BCUT2D eigenvalue weighted by Crippen LogP contribution is 2.28. The molecule has 2 N–H and O–H groups in total. The Hall–Kier alpha value is -2.15. The molecule has 1 amide bonds. The Balaban J connectivity index is 2.12. The summed E-state index contributed by atoms with van der Waals surface area (Å²) < 4.78 is 5.16. The predicted octanol–water partition coefficient (Wildman–Crippen LogP) is 0.999. The van der Waals surface area contributed by atoms with E-state index in [1.807, 2.05) is 6.92 Å². The molecule has 0 unspecified atom stereocenters. The molecule has 7 heteroatoms. The molecule has 2 rings (SSSR count). The lowest BCUT2D eigenvalue weighted by molar-refractivity contribution is -0.918. The highest BCUT2D eigenvalue weighted by atomic mass is 16.6. The van der Waals surface area contributed by atoms with Gasteiger partial charge >= 0.3 is 0 Å². The summed E-state index contributed by atoms with van der Waals surface area (Å²) in [6.07, 6.45) is 3.48. The van der Waals surface area contributed by atoms with E-state index in [2.05, 4.69) is 5.32 Å². The second-order valence-electron chi connectivity index (χ2n) is 5.57. The molecule has 1 saturated heterocycles. The molecule has 7 nitrogen and oxygen atoms in total. The number of nitrogens with one attached hydrogen (secondary N) is 2. The van der Waals surface area contributed by atoms with E-state index < -0.39 is 4.92 Å². The normalized spacial score (nSPS) is 16.8. The van der Waals surface area contributed by atoms with E-state index in [0.29, 0.717) is 11.4 Å². The van der Waals surface area contributed by atoms with Gasteiger partial charge in [0.1, 0.15) is 5.75 Å². The third kappa shape index (κ3) is 3.73. The van der Waals surface area contributed by atoms with Crippen LogP contribution in [0.3, 0.4) is 0 Å². The van der Waals surface area contributed by atoms with Crippen molar-refractivity contribution in [2.24, 2.45) is 0 Å². The fourth-order valence-corrected chi connectivity index (χ4v) is 2.77. The number of amides is 1. The summed E-state index contributed by atoms with van der Waals surface area (Å²) in [6, 6.07) is 3.99. The van der Waals surface area contributed by atoms with Crippen molar-refractivity contribution in [1.29, 1.82) is 0 Å². The first-order valence-electron chi connectivity index (χ1n) is 7.51. The molecule has 120 valence electrons. The van der Waals surface area contributed by atoms with E-state index in [-0.39, 0.29) is 17.6 Å². The molecule has 0 saturated carbocycles. The minimum atomic E-state index is -0.492. The lowest BCUT2D eigenvalue weighted by atomic mass is 10.1. The van der Waals surface area contributed by atoms with Crippen molar-refractivity contribution in [2.45, 2.75) is 32.2 Å². The van der Waals surface area contributed by atoms with Crippen LogP contribution in [0, 0.1) is 10.1 Å². The summed E-state index contributed by atoms with van der Waals surface area (Å²) in [4.78, 5) is 24.0. The maximum atomic E-state index is 12.4. The Labute approximate surface area is 129 Å². The van der Waals surface area contributed by atoms with E-state index in [9.17, 15) is 14.9 Å². The minimum Gasteiger partial charge on any atom is -0.495 e. The third-order valence-electron chi connectivity index (χ3n) is 4.15. The van der Waals surface area contributed by atoms with Crippen LogP contribution in [0.2, 0.25) is 0 Å². The van der Waals surface area contributed by atoms with E-state index in [1.54, 1.807) is 0 Å². The number of methoxy groups -OCH3 is 1. The third-order valence-corrected chi connectivity index (χ3v) is 4.15. The van der Waals surface area contributed by atoms with Gasteiger partial charge in [0.15, 0.2) is 6.04 Å². The first-order chi connectivity index (χ1) is 10.5. The number of nitro benzene ring substituents is 1. The van der Waals surface area contributed by atoms with Gasteiger partial charge in [0, 0.05) is 12.1 Å². The molecule has 1 aromatic rings. The second-order valence-corrected chi connectivity index (χ2v) is 5.57. The Morgan fingerprint density at radius 3 is 2.64 bits per heavy atom. The van der Waals surface area contributed by atoms with Crippen LogP contribution in [-0.2, 0) is 4.79 Å². The van der Waals surface area contributed by atoms with Gasteiger partial charge in [0.05, 0.1) is 30.8 Å². The van der Waals surface area contributed by atoms with Gasteiger partial charge in [0.25, 0.3) is 11.6 Å². The Bertz CT molecular complexity index is 556. The molecule has 1 aliphatic heterocycles. The smallest absolute Gasteiger partial charge is 0.282 e. The Morgan fingerprint density at radius 1 is 1.36 bits per heavy atom. The summed E-state index contributed by atoms with van der Waals surface area (Å²) in [5.74, 6) is 0.274. The van der Waals surface area contributed by atoms with Crippen molar-refractivity contribution in [3.05, 3.63) is 28.3 Å². The number of carbonyl (C=O) groups excluding carboxylic acids is 1. The minimum absolute atomic E-state index is 0.0749. The number of ether oxygens (including phenoxy) is 1. The molecule has 1 aliphatic rings. The van der Waals surface area contributed by atoms with Crippen molar-refractivity contribution >= 4 is 17.3 Å². The van der Waals surface area contributed by atoms with Crippen molar-refractivity contribution in [1.82, 2.24) is 0 Å². The van der Waals surface area contributed by atoms with Gasteiger partial charge in [-0.1, -0.05) is 0 Å². The van der Waals surface area contributed by atoms with E-state index in [4.69, 9.17) is 4.74 Å². The number of piperidine rings is 1. The number of carbonyl (C=O) groups is 1. The van der Waals surface area contributed by atoms with Gasteiger partial charge in [-0.05, 0) is 32.3 Å². The monoisotopic (exact) mass is 308 g/mol. The van der Waals surface area contributed by atoms with Crippen LogP contribution >= 0.6 is 0 Å². The van der Waals surface area contributed by atoms with Crippen molar-refractivity contribution in [3.8, 4) is 5.75 Å². The Morgan fingerprint density at radius 2 is 2.05 bits per heavy atom. The number of benzene rings is 1. The zero-order valence-electron chi connectivity index (χ0n) is 12.9. The standard InChI is InChI=1S/C15H21N3O4/c1-11(17-8-4-3-5-9-17)15(19)16-13-10-12(18(20)21)6-7-14(13)22-2/h6-7,10-11H,3-5,8-9H2,1-2H3,(H,16,19)/p+1/t11-/m1/s1. The number of nitro groups is 1. The highest BCUT2D eigenvalue weighted by molar-refractivity contribution is 5.95. The first kappa shape index (κ1) is 16.2. The van der Waals surface area contributed by atoms with E-state index >= 15 is 0 Å². The number of anilines is 1. The lowest BCUT2D eigenvalue weighted by Gasteiger charge is -2.28. The second kappa shape index (κ2) is 7.22. The quantitative estimate of drug-likeness (QED) is 0.627. The SMILES string of the molecule is COc1ccc([N+](=O)[O-])cc1NC(=O)[C@@H](C)[NH+]1CCCCC1. The van der Waals surface area contributed by atoms with Gasteiger partial charge < -0.3 is 15.0 Å². The number of hydrogen-bond donors (Lipinski definition) is 2. The van der Waals surface area contributed by atoms with Crippen molar-refractivity contribution in [3.63, 3.8) is 0 Å². The first-order valence-corrected chi connectivity index (χ1v) is 7.51. The Kier molecular flexibility index (Phi) is 5.32. The lowest BCUT2D eigenvalue weighted by Crippen LogP contribution is -3.17. The molecule has 0 radical (unpaired) electrons. The highest BCUT2D eigenvalue weighted by Gasteiger charge is 2.27. The number of quaternary nitrogens is 1. The number of nitrogens with zero attached hydrogens (tertiary/aromatic N) is 1. The summed E-state index contributed by atoms with van der Waals surface area (Å²) in [5.41, 5.74) is 0.263. The maximum absolute atomic E-state index is 12.4. The average molecular weight is 308 g/mol. The van der Waals surface area contributed by atoms with Gasteiger partial charge in [-0.3, -0.25) is 14.9 Å². The van der Waals surface area contributed by atoms with Gasteiger partial charge in [-0.15, -0.1) is 0 Å². The van der Waals surface area contributed by atoms with Crippen LogP contribution in [-0.4, -0.2) is 37.1 Å². The molecule has 0 aromatic heterocycles. The molecule has 1 heterocycles. The van der Waals surface area contributed by atoms with E-state index in [1.165, 1.54) is 36.6 Å². The van der Waals surface area contributed by atoms with Crippen LogP contribution in [0.4, 0.5) is 11.4 Å². The van der Waals surface area contributed by atoms with Crippen LogP contribution < -0.4 is 15.0 Å². The number of hydrogen-bond acceptors (Lipinski definition) is 4. The molecular weight excluding hydrogens is 286 g/mol. The summed E-state index contributed by atoms with van der Waals surface area (Å²) in [5, 5.41) is 13.6. The fraction of sp³-hybridized carbons (Fsp3) is 0.533. The maximum Gasteiger partial charge on any atom is 0.282 e. The molecule has 0 bridgehead atoms. The molecular formula is C15H22N3O4+. The molecule has 1 fully saturated rings. The molecule has 1 aromatic carbocycles. The average Bonchev–Trinajstić information content (AvgIpc) is 2.54. The molecule has 0 spiro atoms. The fourth-order valence-electron chi connectivity index (χ4n) is 2.77. The van der Waals surface area contributed by atoms with Crippen molar-refractivity contribution < 1.29 is 19.4 Å². The number of likely N-dealkylation sites (tertiary alicyclic amines) is 1. The van der Waals surface area contributed by atoms with Gasteiger partial charge in [-0.25, -0.2) is 0 Å². The predicted molar refractivity (Wildman–Crippen MR) is 82.3 cm³/mol. The number of non-ortho nitro benzene ring substituents is 1. The molecule has 1 atom stereocenters. The molecule has 0 aliphatic carbocycles. The van der Waals surface area contributed by atoms with Crippen LogP contribution in [0.15, 0.2) is 18.2 Å². The number of rotatable bonds is 5. The summed E-state index contributed by atoms with van der Waals surface area (Å²) >= 11 is 0. The van der Waals surface area contributed by atoms with Crippen molar-refractivity contribution in [2.75, 3.05) is 25.5 Å². The van der Waals surface area contributed by atoms with Gasteiger partial charge in [-0.2, -0.15) is 0 Å². The largest absolute Gasteiger partial charge is 0.495 e. The zero-order valence-corrected chi connectivity index (χ0v) is 12.9. The van der Waals surface area contributed by atoms with Crippen LogP contribution in [0.25, 0.3) is 0 Å². The van der Waals surface area contributed by atoms with Crippen LogP contribution in [0.1, 0.15) is 26.2 Å². The molecule has 22 heavy (non-hydrogen) atoms. The van der Waals surface area contributed by atoms with E-state index in [0.717, 1.165) is 25.9 Å². The summed E-state index contributed by atoms with van der Waals surface area (Å²) in [7, 11) is 1.47. The zero-order chi connectivity index (χ0) is 16.1. The van der Waals surface area contributed by atoms with Gasteiger partial charge in [0.2, 0.25) is 0 Å².